The van der Waals surface area contributed by atoms with Crippen LogP contribution in [0.2, 0.25) is 0 Å². The Balaban J connectivity index is 4.18. The highest BCUT2D eigenvalue weighted by Gasteiger charge is 2.30. The molecule has 0 aliphatic heterocycles. The van der Waals surface area contributed by atoms with Crippen LogP contribution in [0.15, 0.2) is 0 Å². The Kier molecular flexibility index (Phi) is 70.1. The first-order valence-electron chi connectivity index (χ1n) is 34.7. The van der Waals surface area contributed by atoms with Crippen molar-refractivity contribution in [1.29, 1.82) is 0 Å². The summed E-state index contributed by atoms with van der Waals surface area (Å²) in [6.07, 6.45) is 73.8. The van der Waals surface area contributed by atoms with E-state index >= 15 is 0 Å². The van der Waals surface area contributed by atoms with Crippen LogP contribution in [0.5, 0.6) is 0 Å². The second-order valence-electron chi connectivity index (χ2n) is 23.8. The lowest BCUT2D eigenvalue weighted by atomic mass is 9.88. The van der Waals surface area contributed by atoms with Crippen LogP contribution in [0.1, 0.15) is 362 Å². The van der Waals surface area contributed by atoms with Crippen molar-refractivity contribution in [1.82, 2.24) is 0 Å². The maximum Gasteiger partial charge on any atom is 0.0566 e. The van der Waals surface area contributed by atoms with Crippen molar-refractivity contribution in [3.8, 4) is 0 Å². The monoisotopic (exact) mass is 1110 g/mol. The van der Waals surface area contributed by atoms with Crippen molar-refractivity contribution in [3.05, 3.63) is 0 Å². The molecule has 0 spiro atoms. The lowest BCUT2D eigenvalue weighted by Gasteiger charge is -2.32. The summed E-state index contributed by atoms with van der Waals surface area (Å²) in [4.78, 5) is 0. The van der Waals surface area contributed by atoms with E-state index in [4.69, 9.17) is 14.2 Å². The molecule has 0 rings (SSSR count). The zero-order chi connectivity index (χ0) is 54.0. The third-order valence-electron chi connectivity index (χ3n) is 16.1. The summed E-state index contributed by atoms with van der Waals surface area (Å²) in [5, 5.41) is 0. The number of rotatable bonds is 70. The second kappa shape index (κ2) is 69.2. The van der Waals surface area contributed by atoms with Gasteiger partial charge in [0.15, 0.2) is 0 Å². The van der Waals surface area contributed by atoms with Gasteiger partial charge in [-0.2, -0.15) is 35.3 Å². The van der Waals surface area contributed by atoms with Gasteiger partial charge >= 0.3 is 0 Å². The van der Waals surface area contributed by atoms with E-state index in [1.807, 2.05) is 0 Å². The molecule has 0 aliphatic rings. The van der Waals surface area contributed by atoms with E-state index in [1.54, 1.807) is 0 Å². The third kappa shape index (κ3) is 64.0. The standard InChI is InChI=1S/C69H140O3S3/c1-5-9-12-15-18-21-24-27-30-33-36-39-42-45-48-51-60-73-63-54-57-70-66-69(8-4,67-71-58-55-64-74-61-52-49-46-43-40-37-34-31-28-25-22-19-16-13-10-6-2)68-72-59-56-65-75-62-53-50-47-44-41-38-35-32-29-26-23-20-17-14-11-7-3/h5-68H2,1-4H3. The maximum absolute atomic E-state index is 6.45. The minimum atomic E-state index is -0.0396. The van der Waals surface area contributed by atoms with Gasteiger partial charge in [-0.1, -0.05) is 317 Å². The molecule has 0 atom stereocenters. The summed E-state index contributed by atoms with van der Waals surface area (Å²) in [5.74, 6) is 7.61. The molecular weight excluding hydrogens is 973 g/mol. The molecule has 452 valence electrons. The summed E-state index contributed by atoms with van der Waals surface area (Å²) in [5.41, 5.74) is -0.0396. The number of unbranched alkanes of at least 4 members (excludes halogenated alkanes) is 45. The molecule has 0 heterocycles. The van der Waals surface area contributed by atoms with Crippen molar-refractivity contribution in [3.63, 3.8) is 0 Å². The average molecular weight is 1110 g/mol. The van der Waals surface area contributed by atoms with Crippen LogP contribution >= 0.6 is 35.3 Å². The van der Waals surface area contributed by atoms with E-state index < -0.39 is 0 Å². The van der Waals surface area contributed by atoms with Crippen LogP contribution in [0.3, 0.4) is 0 Å². The number of hydrogen-bond donors (Lipinski definition) is 0. The molecule has 0 saturated heterocycles. The molecule has 6 heteroatoms. The number of hydrogen-bond acceptors (Lipinski definition) is 6. The minimum absolute atomic E-state index is 0.0396. The second-order valence-corrected chi connectivity index (χ2v) is 27.5. The fourth-order valence-corrected chi connectivity index (χ4v) is 13.5. The summed E-state index contributed by atoms with van der Waals surface area (Å²) < 4.78 is 19.3. The first-order valence-corrected chi connectivity index (χ1v) is 38.2. The molecule has 0 N–H and O–H groups in total. The molecule has 0 amide bonds. The minimum Gasteiger partial charge on any atom is -0.381 e. The van der Waals surface area contributed by atoms with E-state index in [0.29, 0.717) is 0 Å². The molecule has 0 unspecified atom stereocenters. The van der Waals surface area contributed by atoms with Crippen LogP contribution in [-0.4, -0.2) is 74.2 Å². The van der Waals surface area contributed by atoms with Gasteiger partial charge in [0.2, 0.25) is 0 Å². The summed E-state index contributed by atoms with van der Waals surface area (Å²) >= 11 is 6.43. The van der Waals surface area contributed by atoms with E-state index in [2.05, 4.69) is 63.0 Å². The lowest BCUT2D eigenvalue weighted by Crippen LogP contribution is -2.37. The number of ether oxygens (including phenoxy) is 3. The van der Waals surface area contributed by atoms with Crippen LogP contribution < -0.4 is 0 Å². The van der Waals surface area contributed by atoms with Gasteiger partial charge in [-0.15, -0.1) is 0 Å². The van der Waals surface area contributed by atoms with Gasteiger partial charge in [0.25, 0.3) is 0 Å². The van der Waals surface area contributed by atoms with E-state index in [0.717, 1.165) is 65.3 Å². The largest absolute Gasteiger partial charge is 0.381 e. The topological polar surface area (TPSA) is 27.7 Å². The van der Waals surface area contributed by atoms with Crippen LogP contribution in [0.4, 0.5) is 0 Å². The zero-order valence-corrected chi connectivity index (χ0v) is 54.7. The quantitative estimate of drug-likeness (QED) is 0.0564. The molecule has 0 radical (unpaired) electrons. The van der Waals surface area contributed by atoms with Crippen molar-refractivity contribution in [2.24, 2.45) is 5.41 Å². The smallest absolute Gasteiger partial charge is 0.0566 e. The molecule has 0 aromatic heterocycles. The SMILES string of the molecule is CCCCCCCCCCCCCCCCCCSCCCOCC(CC)(COCCCSCCCCCCCCCCCCCCCCCC)COCCCSCCCCCCCCCCCCCCCCCC. The molecular formula is C69H140O3S3. The predicted octanol–water partition coefficient (Wildman–Crippen LogP) is 24.6. The summed E-state index contributed by atoms with van der Waals surface area (Å²) in [6, 6.07) is 0. The first-order chi connectivity index (χ1) is 37.2. The molecule has 75 heavy (non-hydrogen) atoms. The predicted molar refractivity (Wildman–Crippen MR) is 350 cm³/mol. The lowest BCUT2D eigenvalue weighted by molar-refractivity contribution is -0.0710. The van der Waals surface area contributed by atoms with E-state index in [1.165, 1.54) is 343 Å². The van der Waals surface area contributed by atoms with Crippen molar-refractivity contribution in [2.75, 3.05) is 74.2 Å². The maximum atomic E-state index is 6.45. The highest BCUT2D eigenvalue weighted by atomic mass is 32.2. The Bertz CT molecular complexity index is 867. The van der Waals surface area contributed by atoms with Crippen molar-refractivity contribution >= 4 is 35.3 Å². The van der Waals surface area contributed by atoms with Crippen LogP contribution in [-0.2, 0) is 14.2 Å². The molecule has 0 aliphatic carbocycles. The van der Waals surface area contributed by atoms with Gasteiger partial charge < -0.3 is 14.2 Å². The normalized spacial score (nSPS) is 12.0. The first kappa shape index (κ1) is 75.9. The third-order valence-corrected chi connectivity index (χ3v) is 19.6. The Hall–Kier alpha value is 0.930. The van der Waals surface area contributed by atoms with E-state index in [-0.39, 0.29) is 5.41 Å². The van der Waals surface area contributed by atoms with Gasteiger partial charge in [0.1, 0.15) is 0 Å². The van der Waals surface area contributed by atoms with Gasteiger partial charge in [0.05, 0.1) is 19.8 Å². The highest BCUT2D eigenvalue weighted by molar-refractivity contribution is 7.99. The fraction of sp³-hybridized carbons (Fsp3) is 1.00. The highest BCUT2D eigenvalue weighted by Crippen LogP contribution is 2.26. The van der Waals surface area contributed by atoms with Gasteiger partial charge in [0, 0.05) is 25.2 Å². The number of thioether (sulfide) groups is 3. The van der Waals surface area contributed by atoms with Gasteiger partial charge in [-0.3, -0.25) is 0 Å². The molecule has 0 bridgehead atoms. The van der Waals surface area contributed by atoms with E-state index in [9.17, 15) is 0 Å². The molecule has 0 aromatic carbocycles. The molecule has 0 fully saturated rings. The Morgan fingerprint density at radius 2 is 0.360 bits per heavy atom. The summed E-state index contributed by atoms with van der Waals surface area (Å²) in [7, 11) is 0. The molecule has 3 nitrogen and oxygen atoms in total. The summed E-state index contributed by atoms with van der Waals surface area (Å²) in [6.45, 7) is 14.1. The molecule has 0 aromatic rings. The zero-order valence-electron chi connectivity index (χ0n) is 52.2. The van der Waals surface area contributed by atoms with Crippen molar-refractivity contribution in [2.45, 2.75) is 362 Å². The Labute approximate surface area is 487 Å². The van der Waals surface area contributed by atoms with Crippen LogP contribution in [0, 0.1) is 5.41 Å². The Morgan fingerprint density at radius 3 is 0.533 bits per heavy atom. The Morgan fingerprint density at radius 1 is 0.200 bits per heavy atom. The fourth-order valence-electron chi connectivity index (χ4n) is 10.6. The van der Waals surface area contributed by atoms with Crippen molar-refractivity contribution < 1.29 is 14.2 Å². The van der Waals surface area contributed by atoms with Gasteiger partial charge in [-0.05, 0) is 79.5 Å². The van der Waals surface area contributed by atoms with Crippen LogP contribution in [0.25, 0.3) is 0 Å². The average Bonchev–Trinajstić information content (AvgIpc) is 3.42. The van der Waals surface area contributed by atoms with Gasteiger partial charge in [-0.25, -0.2) is 0 Å². The molecule has 0 saturated carbocycles.